The third-order valence-electron chi connectivity index (χ3n) is 4.92. The highest BCUT2D eigenvalue weighted by Gasteiger charge is 2.50. The van der Waals surface area contributed by atoms with Gasteiger partial charge >= 0.3 is 11.7 Å². The summed E-state index contributed by atoms with van der Waals surface area (Å²) in [5.41, 5.74) is 8.51. The predicted molar refractivity (Wildman–Crippen MR) is 111 cm³/mol. The number of β-lactam (4-membered cyclic amide) rings is 1. The Kier molecular flexibility index (Phi) is 8.66. The number of Topliss-reactive ketones (excluding diaryl/α,β-unsaturated/α-hetero) is 1. The number of hydrogen-bond donors (Lipinski definition) is 3. The number of rotatable bonds is 8. The van der Waals surface area contributed by atoms with E-state index in [9.17, 15) is 29.6 Å². The molecule has 0 saturated carbocycles. The SMILES string of the molecule is CC(O)C1C(=O)NC1[C@@H](C)C(=O)C(=[N+]=[N-])C(=O)OCc1ccc([N+](=O)[O-])cc1.c1c[nH]cn1. The van der Waals surface area contributed by atoms with Crippen LogP contribution >= 0.6 is 0 Å². The number of aliphatic hydroxyl groups excluding tert-OH is 1. The van der Waals surface area contributed by atoms with Gasteiger partial charge in [-0.05, 0) is 24.6 Å². The number of nitro benzene ring substituents is 1. The Balaban J connectivity index is 0.000000678. The van der Waals surface area contributed by atoms with E-state index in [1.54, 1.807) is 18.7 Å². The number of non-ortho nitro benzene ring substituents is 1. The van der Waals surface area contributed by atoms with Crippen LogP contribution < -0.4 is 5.32 Å². The lowest BCUT2D eigenvalue weighted by atomic mass is 9.76. The highest BCUT2D eigenvalue weighted by molar-refractivity contribution is 6.62. The van der Waals surface area contributed by atoms with Gasteiger partial charge in [-0.25, -0.2) is 9.78 Å². The van der Waals surface area contributed by atoms with Gasteiger partial charge in [-0.15, -0.1) is 0 Å². The Hall–Kier alpha value is -4.22. The molecule has 1 aliphatic heterocycles. The summed E-state index contributed by atoms with van der Waals surface area (Å²) in [5, 5.41) is 22.7. The Morgan fingerprint density at radius 2 is 2.00 bits per heavy atom. The Bertz CT molecular complexity index is 1030. The van der Waals surface area contributed by atoms with Crippen molar-refractivity contribution in [2.45, 2.75) is 32.6 Å². The number of aromatic nitrogens is 2. The van der Waals surface area contributed by atoms with Crippen molar-refractivity contribution in [3.05, 3.63) is 64.2 Å². The van der Waals surface area contributed by atoms with Crippen molar-refractivity contribution in [1.29, 1.82) is 0 Å². The van der Waals surface area contributed by atoms with Crippen LogP contribution in [0.25, 0.3) is 5.53 Å². The minimum absolute atomic E-state index is 0.132. The van der Waals surface area contributed by atoms with E-state index >= 15 is 0 Å². The molecule has 3 N–H and O–H groups in total. The first-order chi connectivity index (χ1) is 15.7. The first-order valence-electron chi connectivity index (χ1n) is 9.75. The molecule has 174 valence electrons. The molecule has 1 saturated heterocycles. The van der Waals surface area contributed by atoms with Gasteiger partial charge in [-0.1, -0.05) is 6.92 Å². The number of imidazole rings is 1. The Labute approximate surface area is 187 Å². The summed E-state index contributed by atoms with van der Waals surface area (Å²) in [7, 11) is 0. The van der Waals surface area contributed by atoms with Gasteiger partial charge in [-0.2, -0.15) is 4.79 Å². The van der Waals surface area contributed by atoms with Crippen LogP contribution in [0.3, 0.4) is 0 Å². The van der Waals surface area contributed by atoms with Crippen LogP contribution in [0, 0.1) is 22.0 Å². The first kappa shape index (κ1) is 25.0. The minimum atomic E-state index is -1.18. The van der Waals surface area contributed by atoms with Gasteiger partial charge in [0.05, 0.1) is 29.3 Å². The van der Waals surface area contributed by atoms with Crippen molar-refractivity contribution in [2.24, 2.45) is 11.8 Å². The number of aromatic amines is 1. The van der Waals surface area contributed by atoms with E-state index in [1.807, 2.05) is 0 Å². The second kappa shape index (κ2) is 11.4. The number of benzene rings is 1. The molecule has 1 aromatic carbocycles. The standard InChI is InChI=1S/C17H18N4O7.C3H4N2/c1-8(13-12(9(2)22)16(24)19-13)15(23)14(20-18)17(25)28-7-10-3-5-11(6-4-10)21(26)27;1-2-5-3-4-1/h3-6,8-9,12-13,22H,7H2,1-2H3,(H,19,24);1-3H,(H,4,5)/t8-,9?,12?,13?;/m1./s1. The summed E-state index contributed by atoms with van der Waals surface area (Å²) in [6.07, 6.45) is 4.10. The molecule has 1 aromatic heterocycles. The highest BCUT2D eigenvalue weighted by Crippen LogP contribution is 2.26. The van der Waals surface area contributed by atoms with Crippen LogP contribution in [0.1, 0.15) is 19.4 Å². The molecule has 33 heavy (non-hydrogen) atoms. The van der Waals surface area contributed by atoms with E-state index in [4.69, 9.17) is 10.3 Å². The van der Waals surface area contributed by atoms with Crippen molar-refractivity contribution >= 4 is 29.1 Å². The monoisotopic (exact) mass is 458 g/mol. The minimum Gasteiger partial charge on any atom is -0.452 e. The fourth-order valence-corrected chi connectivity index (χ4v) is 3.09. The summed E-state index contributed by atoms with van der Waals surface area (Å²) in [5.74, 6) is -4.20. The van der Waals surface area contributed by atoms with Gasteiger partial charge in [0.2, 0.25) is 5.91 Å². The van der Waals surface area contributed by atoms with E-state index in [-0.39, 0.29) is 12.3 Å². The Morgan fingerprint density at radius 1 is 1.33 bits per heavy atom. The quantitative estimate of drug-likeness (QED) is 0.0737. The van der Waals surface area contributed by atoms with Crippen molar-refractivity contribution < 1.29 is 33.9 Å². The molecule has 1 fully saturated rings. The number of carbonyl (C=O) groups is 3. The van der Waals surface area contributed by atoms with E-state index in [0.717, 1.165) is 0 Å². The second-order valence-electron chi connectivity index (χ2n) is 7.16. The number of amides is 1. The van der Waals surface area contributed by atoms with Gasteiger partial charge < -0.3 is 25.7 Å². The molecule has 0 radical (unpaired) electrons. The van der Waals surface area contributed by atoms with Crippen LogP contribution in [0.2, 0.25) is 0 Å². The largest absolute Gasteiger partial charge is 0.452 e. The third kappa shape index (κ3) is 6.38. The van der Waals surface area contributed by atoms with E-state index in [2.05, 4.69) is 20.1 Å². The molecule has 0 spiro atoms. The molecule has 3 unspecified atom stereocenters. The van der Waals surface area contributed by atoms with E-state index in [0.29, 0.717) is 5.56 Å². The molecule has 4 atom stereocenters. The average Bonchev–Trinajstić information content (AvgIpc) is 3.36. The van der Waals surface area contributed by atoms with Gasteiger partial charge in [0.1, 0.15) is 6.61 Å². The lowest BCUT2D eigenvalue weighted by Gasteiger charge is -2.40. The first-order valence-corrected chi connectivity index (χ1v) is 9.75. The summed E-state index contributed by atoms with van der Waals surface area (Å²) in [6.45, 7) is 2.54. The number of hydrogen-bond acceptors (Lipinski definition) is 8. The number of nitrogens with zero attached hydrogens (tertiary/aromatic N) is 4. The summed E-state index contributed by atoms with van der Waals surface area (Å²) >= 11 is 0. The van der Waals surface area contributed by atoms with Gasteiger partial charge in [-0.3, -0.25) is 19.7 Å². The van der Waals surface area contributed by atoms with Crippen molar-refractivity contribution in [3.63, 3.8) is 0 Å². The topological polar surface area (TPSA) is 201 Å². The summed E-state index contributed by atoms with van der Waals surface area (Å²) in [6, 6.07) is 4.50. The molecular weight excluding hydrogens is 436 g/mol. The number of esters is 1. The maximum absolute atomic E-state index is 12.5. The normalized spacial score (nSPS) is 18.2. The van der Waals surface area contributed by atoms with Gasteiger partial charge in [0, 0.05) is 30.4 Å². The maximum Gasteiger partial charge on any atom is 0.441 e. The predicted octanol–water partition coefficient (Wildman–Crippen LogP) is 0.419. The van der Waals surface area contributed by atoms with E-state index in [1.165, 1.54) is 38.1 Å². The molecule has 0 aliphatic carbocycles. The average molecular weight is 458 g/mol. The maximum atomic E-state index is 12.5. The Morgan fingerprint density at radius 3 is 2.42 bits per heavy atom. The summed E-state index contributed by atoms with van der Waals surface area (Å²) in [4.78, 5) is 55.2. The number of carbonyl (C=O) groups excluding carboxylic acids is 3. The van der Waals surface area contributed by atoms with Crippen LogP contribution in [-0.2, 0) is 25.7 Å². The van der Waals surface area contributed by atoms with Crippen LogP contribution in [0.5, 0.6) is 0 Å². The molecule has 0 bridgehead atoms. The van der Waals surface area contributed by atoms with E-state index < -0.39 is 52.3 Å². The second-order valence-corrected chi connectivity index (χ2v) is 7.16. The molecular formula is C20H22N6O7. The molecule has 3 rings (SSSR count). The molecule has 1 aliphatic rings. The van der Waals surface area contributed by atoms with Crippen molar-refractivity contribution in [1.82, 2.24) is 15.3 Å². The number of ketones is 1. The third-order valence-corrected chi connectivity index (χ3v) is 4.92. The molecule has 13 nitrogen and oxygen atoms in total. The fourth-order valence-electron chi connectivity index (χ4n) is 3.09. The van der Waals surface area contributed by atoms with Crippen LogP contribution in [0.4, 0.5) is 5.69 Å². The number of nitrogens with one attached hydrogen (secondary N) is 2. The van der Waals surface area contributed by atoms with Gasteiger partial charge in [0.25, 0.3) is 11.5 Å². The number of aliphatic hydroxyl groups is 1. The van der Waals surface area contributed by atoms with Crippen LogP contribution in [0.15, 0.2) is 43.0 Å². The van der Waals surface area contributed by atoms with Crippen molar-refractivity contribution in [2.75, 3.05) is 0 Å². The fraction of sp³-hybridized carbons (Fsp3) is 0.350. The molecule has 2 aromatic rings. The highest BCUT2D eigenvalue weighted by atomic mass is 16.6. The van der Waals surface area contributed by atoms with Crippen molar-refractivity contribution in [3.8, 4) is 0 Å². The zero-order valence-electron chi connectivity index (χ0n) is 17.7. The molecule has 1 amide bonds. The zero-order chi connectivity index (χ0) is 24.5. The zero-order valence-corrected chi connectivity index (χ0v) is 17.7. The summed E-state index contributed by atoms with van der Waals surface area (Å²) < 4.78 is 4.92. The lowest BCUT2D eigenvalue weighted by molar-refractivity contribution is -0.384. The smallest absolute Gasteiger partial charge is 0.441 e. The number of nitro groups is 1. The molecule has 13 heteroatoms. The van der Waals surface area contributed by atoms with Gasteiger partial charge in [0.15, 0.2) is 0 Å². The number of ether oxygens (including phenoxy) is 1. The number of H-pyrrole nitrogens is 1. The molecule has 2 heterocycles. The van der Waals surface area contributed by atoms with Crippen LogP contribution in [-0.4, -0.2) is 60.3 Å². The lowest BCUT2D eigenvalue weighted by Crippen LogP contribution is -2.66.